The molecule has 1 atom stereocenters. The molecule has 1 aromatic carbocycles. The SMILES string of the molecule is CN([C@H]1CCS(=O)(=O)C1)S(=O)(=O)c1cc(Br)ccc1Br. The van der Waals surface area contributed by atoms with E-state index in [1.165, 1.54) is 13.1 Å². The third-order valence-corrected chi connectivity index (χ3v) is 8.42. The molecule has 0 unspecified atom stereocenters. The Morgan fingerprint density at radius 1 is 1.30 bits per heavy atom. The van der Waals surface area contributed by atoms with Crippen molar-refractivity contribution >= 4 is 51.7 Å². The maximum atomic E-state index is 12.6. The number of sulfonamides is 1. The minimum atomic E-state index is -3.73. The molecule has 0 aromatic heterocycles. The number of sulfone groups is 1. The normalized spacial score (nSPS) is 22.3. The highest BCUT2D eigenvalue weighted by atomic mass is 79.9. The van der Waals surface area contributed by atoms with Crippen molar-refractivity contribution in [3.8, 4) is 0 Å². The van der Waals surface area contributed by atoms with Gasteiger partial charge in [-0.15, -0.1) is 0 Å². The van der Waals surface area contributed by atoms with Gasteiger partial charge in [-0.05, 0) is 40.5 Å². The van der Waals surface area contributed by atoms with Crippen molar-refractivity contribution in [3.05, 3.63) is 27.1 Å². The fraction of sp³-hybridized carbons (Fsp3) is 0.455. The Balaban J connectivity index is 2.38. The van der Waals surface area contributed by atoms with E-state index in [1.807, 2.05) is 0 Å². The van der Waals surface area contributed by atoms with Crippen LogP contribution >= 0.6 is 31.9 Å². The summed E-state index contributed by atoms with van der Waals surface area (Å²) in [5.41, 5.74) is 0. The minimum Gasteiger partial charge on any atom is -0.229 e. The molecule has 2 rings (SSSR count). The molecule has 0 bridgehead atoms. The zero-order valence-electron chi connectivity index (χ0n) is 10.6. The molecule has 1 aliphatic heterocycles. The van der Waals surface area contributed by atoms with Crippen LogP contribution in [-0.4, -0.2) is 45.7 Å². The van der Waals surface area contributed by atoms with Crippen LogP contribution in [-0.2, 0) is 19.9 Å². The number of hydrogen-bond donors (Lipinski definition) is 0. The molecule has 0 saturated carbocycles. The molecule has 0 N–H and O–H groups in total. The summed E-state index contributed by atoms with van der Waals surface area (Å²) in [5, 5.41) is 0. The minimum absolute atomic E-state index is 0.0389. The number of halogens is 2. The summed E-state index contributed by atoms with van der Waals surface area (Å²) < 4.78 is 50.4. The highest BCUT2D eigenvalue weighted by Gasteiger charge is 2.37. The van der Waals surface area contributed by atoms with Crippen LogP contribution in [0.15, 0.2) is 32.0 Å². The first-order chi connectivity index (χ1) is 9.13. The monoisotopic (exact) mass is 445 g/mol. The van der Waals surface area contributed by atoms with Crippen molar-refractivity contribution in [1.29, 1.82) is 0 Å². The highest BCUT2D eigenvalue weighted by molar-refractivity contribution is 9.11. The van der Waals surface area contributed by atoms with Gasteiger partial charge in [0.15, 0.2) is 9.84 Å². The van der Waals surface area contributed by atoms with Gasteiger partial charge < -0.3 is 0 Å². The van der Waals surface area contributed by atoms with Gasteiger partial charge >= 0.3 is 0 Å². The van der Waals surface area contributed by atoms with Crippen LogP contribution in [0.5, 0.6) is 0 Å². The van der Waals surface area contributed by atoms with E-state index in [-0.39, 0.29) is 16.4 Å². The van der Waals surface area contributed by atoms with Gasteiger partial charge in [-0.3, -0.25) is 0 Å². The maximum Gasteiger partial charge on any atom is 0.244 e. The Kier molecular flexibility index (Phi) is 4.66. The van der Waals surface area contributed by atoms with E-state index in [0.717, 1.165) is 4.31 Å². The van der Waals surface area contributed by atoms with E-state index >= 15 is 0 Å². The second kappa shape index (κ2) is 5.68. The molecule has 0 amide bonds. The van der Waals surface area contributed by atoms with Crippen LogP contribution in [0.2, 0.25) is 0 Å². The van der Waals surface area contributed by atoms with E-state index in [0.29, 0.717) is 15.4 Å². The Bertz CT molecular complexity index is 731. The molecule has 20 heavy (non-hydrogen) atoms. The molecule has 0 spiro atoms. The second-order valence-electron chi connectivity index (χ2n) is 4.65. The van der Waals surface area contributed by atoms with E-state index in [4.69, 9.17) is 0 Å². The molecule has 5 nitrogen and oxygen atoms in total. The van der Waals surface area contributed by atoms with Crippen LogP contribution in [0.25, 0.3) is 0 Å². The standard InChI is InChI=1S/C11H13Br2NO4S2/c1-14(9-4-5-19(15,16)7-9)20(17,18)11-6-8(12)2-3-10(11)13/h2-3,6,9H,4-5,7H2,1H3/t9-/m0/s1. The smallest absolute Gasteiger partial charge is 0.229 e. The Morgan fingerprint density at radius 2 is 1.95 bits per heavy atom. The molecule has 1 heterocycles. The molecular weight excluding hydrogens is 434 g/mol. The molecule has 112 valence electrons. The van der Waals surface area contributed by atoms with Crippen LogP contribution in [0.3, 0.4) is 0 Å². The van der Waals surface area contributed by atoms with Crippen molar-refractivity contribution < 1.29 is 16.8 Å². The summed E-state index contributed by atoms with van der Waals surface area (Å²) in [7, 11) is -5.44. The average molecular weight is 447 g/mol. The van der Waals surface area contributed by atoms with Crippen LogP contribution in [0.1, 0.15) is 6.42 Å². The van der Waals surface area contributed by atoms with Crippen molar-refractivity contribution in [2.45, 2.75) is 17.4 Å². The van der Waals surface area contributed by atoms with Gasteiger partial charge in [0.2, 0.25) is 10.0 Å². The van der Waals surface area contributed by atoms with E-state index in [1.54, 1.807) is 12.1 Å². The molecule has 1 fully saturated rings. The van der Waals surface area contributed by atoms with Crippen LogP contribution < -0.4 is 0 Å². The summed E-state index contributed by atoms with van der Waals surface area (Å²) in [5.74, 6) is -0.0778. The van der Waals surface area contributed by atoms with E-state index < -0.39 is 25.9 Å². The van der Waals surface area contributed by atoms with Gasteiger partial charge in [-0.25, -0.2) is 16.8 Å². The summed E-state index contributed by atoms with van der Waals surface area (Å²) in [6, 6.07) is 4.36. The molecule has 1 aromatic rings. The fourth-order valence-electron chi connectivity index (χ4n) is 2.09. The van der Waals surface area contributed by atoms with Crippen LogP contribution in [0, 0.1) is 0 Å². The van der Waals surface area contributed by atoms with Crippen molar-refractivity contribution in [2.75, 3.05) is 18.6 Å². The number of rotatable bonds is 3. The van der Waals surface area contributed by atoms with Gasteiger partial charge in [-0.1, -0.05) is 15.9 Å². The zero-order chi connectivity index (χ0) is 15.1. The van der Waals surface area contributed by atoms with Gasteiger partial charge in [0.05, 0.1) is 16.4 Å². The van der Waals surface area contributed by atoms with E-state index in [9.17, 15) is 16.8 Å². The predicted octanol–water partition coefficient (Wildman–Crippen LogP) is 2.02. The molecule has 0 aliphatic carbocycles. The zero-order valence-corrected chi connectivity index (χ0v) is 15.4. The van der Waals surface area contributed by atoms with Crippen molar-refractivity contribution in [1.82, 2.24) is 4.31 Å². The van der Waals surface area contributed by atoms with E-state index in [2.05, 4.69) is 31.9 Å². The Labute approximate surface area is 135 Å². The quantitative estimate of drug-likeness (QED) is 0.711. The lowest BCUT2D eigenvalue weighted by Crippen LogP contribution is -2.37. The summed E-state index contributed by atoms with van der Waals surface area (Å²) in [4.78, 5) is 0.124. The van der Waals surface area contributed by atoms with Gasteiger partial charge in [0, 0.05) is 22.0 Å². The van der Waals surface area contributed by atoms with Crippen molar-refractivity contribution in [2.24, 2.45) is 0 Å². The lowest BCUT2D eigenvalue weighted by atomic mass is 10.3. The Hall–Kier alpha value is 0.0400. The first-order valence-corrected chi connectivity index (χ1v) is 10.6. The maximum absolute atomic E-state index is 12.6. The van der Waals surface area contributed by atoms with Crippen LogP contribution in [0.4, 0.5) is 0 Å². The first kappa shape index (κ1) is 16.4. The number of benzene rings is 1. The van der Waals surface area contributed by atoms with Gasteiger partial charge in [-0.2, -0.15) is 4.31 Å². The lowest BCUT2D eigenvalue weighted by molar-refractivity contribution is 0.393. The van der Waals surface area contributed by atoms with Gasteiger partial charge in [0.1, 0.15) is 0 Å². The summed E-state index contributed by atoms with van der Waals surface area (Å²) in [6.45, 7) is 0. The molecule has 1 aliphatic rings. The summed E-state index contributed by atoms with van der Waals surface area (Å²) in [6.07, 6.45) is 0.337. The molecule has 1 saturated heterocycles. The van der Waals surface area contributed by atoms with Crippen molar-refractivity contribution in [3.63, 3.8) is 0 Å². The number of nitrogens with zero attached hydrogens (tertiary/aromatic N) is 1. The second-order valence-corrected chi connectivity index (χ2v) is 10.6. The largest absolute Gasteiger partial charge is 0.244 e. The lowest BCUT2D eigenvalue weighted by Gasteiger charge is -2.23. The number of hydrogen-bond acceptors (Lipinski definition) is 4. The average Bonchev–Trinajstić information content (AvgIpc) is 2.71. The Morgan fingerprint density at radius 3 is 2.50 bits per heavy atom. The molecule has 9 heteroatoms. The predicted molar refractivity (Wildman–Crippen MR) is 83.8 cm³/mol. The topological polar surface area (TPSA) is 71.5 Å². The highest BCUT2D eigenvalue weighted by Crippen LogP contribution is 2.30. The van der Waals surface area contributed by atoms with Gasteiger partial charge in [0.25, 0.3) is 0 Å². The molecule has 0 radical (unpaired) electrons. The summed E-state index contributed by atoms with van der Waals surface area (Å²) >= 11 is 6.46. The first-order valence-electron chi connectivity index (χ1n) is 5.77. The molecular formula is C11H13Br2NO4S2. The third kappa shape index (κ3) is 3.27. The third-order valence-electron chi connectivity index (χ3n) is 3.27. The fourth-order valence-corrected chi connectivity index (χ4v) is 6.80.